The first-order chi connectivity index (χ1) is 11.8. The molecule has 132 valence electrons. The lowest BCUT2D eigenvalue weighted by atomic mass is 10.1. The quantitative estimate of drug-likeness (QED) is 0.849. The van der Waals surface area contributed by atoms with Gasteiger partial charge in [0.2, 0.25) is 11.8 Å². The first-order valence-electron chi connectivity index (χ1n) is 8.24. The van der Waals surface area contributed by atoms with E-state index in [1.165, 1.54) is 12.5 Å². The van der Waals surface area contributed by atoms with Crippen LogP contribution in [-0.4, -0.2) is 30.8 Å². The molecule has 0 heterocycles. The fourth-order valence-corrected chi connectivity index (χ4v) is 2.60. The van der Waals surface area contributed by atoms with Crippen molar-refractivity contribution in [2.24, 2.45) is 0 Å². The summed E-state index contributed by atoms with van der Waals surface area (Å²) in [7, 11) is 4.01. The zero-order chi connectivity index (χ0) is 18.4. The monoisotopic (exact) mass is 339 g/mol. The number of anilines is 2. The standard InChI is InChI=1S/C20H25N3O2/c1-14-5-10-19(17(11-14)13-23(3)4)22-20(25)12-16-6-8-18(9-7-16)21-15(2)24/h5-11H,12-13H2,1-4H3,(H,21,24)(H,22,25). The van der Waals surface area contributed by atoms with E-state index in [1.807, 2.05) is 45.3 Å². The molecule has 0 saturated heterocycles. The van der Waals surface area contributed by atoms with Crippen molar-refractivity contribution < 1.29 is 9.59 Å². The minimum atomic E-state index is -0.113. The van der Waals surface area contributed by atoms with Crippen molar-refractivity contribution in [2.45, 2.75) is 26.8 Å². The fraction of sp³-hybridized carbons (Fsp3) is 0.300. The molecule has 0 bridgehead atoms. The van der Waals surface area contributed by atoms with E-state index in [-0.39, 0.29) is 18.2 Å². The Balaban J connectivity index is 2.03. The molecule has 2 aromatic rings. The van der Waals surface area contributed by atoms with Crippen molar-refractivity contribution >= 4 is 23.2 Å². The summed E-state index contributed by atoms with van der Waals surface area (Å²) < 4.78 is 0. The summed E-state index contributed by atoms with van der Waals surface area (Å²) >= 11 is 0. The Hall–Kier alpha value is -2.66. The summed E-state index contributed by atoms with van der Waals surface area (Å²) in [5, 5.41) is 5.72. The lowest BCUT2D eigenvalue weighted by Crippen LogP contribution is -2.18. The maximum Gasteiger partial charge on any atom is 0.228 e. The molecule has 0 aliphatic heterocycles. The normalized spacial score (nSPS) is 10.6. The second kappa shape index (κ2) is 8.44. The van der Waals surface area contributed by atoms with Gasteiger partial charge in [0.05, 0.1) is 6.42 Å². The van der Waals surface area contributed by atoms with Gasteiger partial charge in [-0.2, -0.15) is 0 Å². The maximum atomic E-state index is 12.4. The van der Waals surface area contributed by atoms with Crippen molar-refractivity contribution in [3.63, 3.8) is 0 Å². The van der Waals surface area contributed by atoms with Crippen LogP contribution in [0.25, 0.3) is 0 Å². The topological polar surface area (TPSA) is 61.4 Å². The number of carbonyl (C=O) groups is 2. The highest BCUT2D eigenvalue weighted by Gasteiger charge is 2.09. The van der Waals surface area contributed by atoms with Gasteiger partial charge in [0, 0.05) is 24.8 Å². The van der Waals surface area contributed by atoms with Crippen LogP contribution in [0.3, 0.4) is 0 Å². The highest BCUT2D eigenvalue weighted by molar-refractivity contribution is 5.93. The van der Waals surface area contributed by atoms with E-state index in [1.54, 1.807) is 12.1 Å². The van der Waals surface area contributed by atoms with Crippen LogP contribution >= 0.6 is 0 Å². The summed E-state index contributed by atoms with van der Waals surface area (Å²) in [5.74, 6) is -0.172. The van der Waals surface area contributed by atoms with Crippen LogP contribution in [0.5, 0.6) is 0 Å². The van der Waals surface area contributed by atoms with Gasteiger partial charge in [0.15, 0.2) is 0 Å². The predicted molar refractivity (Wildman–Crippen MR) is 102 cm³/mol. The number of rotatable bonds is 6. The third-order valence-electron chi connectivity index (χ3n) is 3.66. The van der Waals surface area contributed by atoms with Crippen LogP contribution in [0.15, 0.2) is 42.5 Å². The molecule has 0 unspecified atom stereocenters. The average Bonchev–Trinajstić information content (AvgIpc) is 2.51. The molecule has 0 fully saturated rings. The number of hydrogen-bond acceptors (Lipinski definition) is 3. The van der Waals surface area contributed by atoms with Gasteiger partial charge >= 0.3 is 0 Å². The van der Waals surface area contributed by atoms with Crippen molar-refractivity contribution in [1.82, 2.24) is 4.90 Å². The van der Waals surface area contributed by atoms with Crippen molar-refractivity contribution in [1.29, 1.82) is 0 Å². The predicted octanol–water partition coefficient (Wildman–Crippen LogP) is 3.20. The van der Waals surface area contributed by atoms with Crippen LogP contribution in [0, 0.1) is 6.92 Å². The molecule has 0 radical (unpaired) electrons. The zero-order valence-electron chi connectivity index (χ0n) is 15.2. The number of aryl methyl sites for hydroxylation is 1. The molecule has 25 heavy (non-hydrogen) atoms. The number of hydrogen-bond donors (Lipinski definition) is 2. The summed E-state index contributed by atoms with van der Waals surface area (Å²) in [6.07, 6.45) is 0.287. The molecule has 2 rings (SSSR count). The van der Waals surface area contributed by atoms with Crippen LogP contribution in [0.4, 0.5) is 11.4 Å². The Morgan fingerprint density at radius 1 is 1.00 bits per heavy atom. The summed E-state index contributed by atoms with van der Waals surface area (Å²) in [6, 6.07) is 13.3. The number of benzene rings is 2. The van der Waals surface area contributed by atoms with Gasteiger partial charge in [-0.05, 0) is 50.3 Å². The van der Waals surface area contributed by atoms with E-state index >= 15 is 0 Å². The van der Waals surface area contributed by atoms with Gasteiger partial charge in [0.1, 0.15) is 0 Å². The molecule has 0 atom stereocenters. The molecule has 0 aromatic heterocycles. The van der Waals surface area contributed by atoms with Gasteiger partial charge in [-0.1, -0.05) is 29.8 Å². The van der Waals surface area contributed by atoms with Crippen LogP contribution in [0.2, 0.25) is 0 Å². The highest BCUT2D eigenvalue weighted by atomic mass is 16.2. The average molecular weight is 339 g/mol. The SMILES string of the molecule is CC(=O)Nc1ccc(CC(=O)Nc2ccc(C)cc2CN(C)C)cc1. The van der Waals surface area contributed by atoms with Crippen molar-refractivity contribution in [2.75, 3.05) is 24.7 Å². The van der Waals surface area contributed by atoms with Crippen LogP contribution in [-0.2, 0) is 22.6 Å². The molecule has 0 saturated carbocycles. The smallest absolute Gasteiger partial charge is 0.228 e. The third-order valence-corrected chi connectivity index (χ3v) is 3.66. The molecule has 5 heteroatoms. The zero-order valence-corrected chi connectivity index (χ0v) is 15.2. The molecule has 0 aliphatic carbocycles. The molecular weight excluding hydrogens is 314 g/mol. The number of carbonyl (C=O) groups excluding carboxylic acids is 2. The number of nitrogens with zero attached hydrogens (tertiary/aromatic N) is 1. The van der Waals surface area contributed by atoms with E-state index in [9.17, 15) is 9.59 Å². The van der Waals surface area contributed by atoms with Gasteiger partial charge in [-0.25, -0.2) is 0 Å². The van der Waals surface area contributed by atoms with Crippen LogP contribution < -0.4 is 10.6 Å². The molecule has 5 nitrogen and oxygen atoms in total. The maximum absolute atomic E-state index is 12.4. The van der Waals surface area contributed by atoms with E-state index in [4.69, 9.17) is 0 Å². The Labute approximate surface area is 149 Å². The van der Waals surface area contributed by atoms with E-state index in [2.05, 4.69) is 21.6 Å². The summed E-state index contributed by atoms with van der Waals surface area (Å²) in [5.41, 5.74) is 4.73. The summed E-state index contributed by atoms with van der Waals surface area (Å²) in [4.78, 5) is 25.5. The van der Waals surface area contributed by atoms with Gasteiger partial charge in [0.25, 0.3) is 0 Å². The molecule has 2 aromatic carbocycles. The molecule has 0 spiro atoms. The Kier molecular flexibility index (Phi) is 6.31. The molecule has 2 amide bonds. The molecular formula is C20H25N3O2. The number of amides is 2. The van der Waals surface area contributed by atoms with Crippen LogP contribution in [0.1, 0.15) is 23.6 Å². The first kappa shape index (κ1) is 18.7. The first-order valence-corrected chi connectivity index (χ1v) is 8.24. The van der Waals surface area contributed by atoms with E-state index < -0.39 is 0 Å². The lowest BCUT2D eigenvalue weighted by Gasteiger charge is -2.16. The fourth-order valence-electron chi connectivity index (χ4n) is 2.60. The second-order valence-electron chi connectivity index (χ2n) is 6.50. The van der Waals surface area contributed by atoms with E-state index in [0.29, 0.717) is 0 Å². The second-order valence-corrected chi connectivity index (χ2v) is 6.50. The lowest BCUT2D eigenvalue weighted by molar-refractivity contribution is -0.116. The van der Waals surface area contributed by atoms with Crippen molar-refractivity contribution in [3.05, 3.63) is 59.2 Å². The molecule has 0 aliphatic rings. The Bertz CT molecular complexity index is 752. The minimum absolute atomic E-state index is 0.0591. The van der Waals surface area contributed by atoms with Crippen molar-refractivity contribution in [3.8, 4) is 0 Å². The largest absolute Gasteiger partial charge is 0.326 e. The van der Waals surface area contributed by atoms with Gasteiger partial charge in [-0.15, -0.1) is 0 Å². The Morgan fingerprint density at radius 2 is 1.68 bits per heavy atom. The Morgan fingerprint density at radius 3 is 2.28 bits per heavy atom. The third kappa shape index (κ3) is 6.04. The minimum Gasteiger partial charge on any atom is -0.326 e. The highest BCUT2D eigenvalue weighted by Crippen LogP contribution is 2.19. The summed E-state index contributed by atoms with van der Waals surface area (Å²) in [6.45, 7) is 4.28. The van der Waals surface area contributed by atoms with E-state index in [0.717, 1.165) is 29.0 Å². The molecule has 2 N–H and O–H groups in total. The van der Waals surface area contributed by atoms with Gasteiger partial charge in [-0.3, -0.25) is 9.59 Å². The number of nitrogens with one attached hydrogen (secondary N) is 2. The van der Waals surface area contributed by atoms with Gasteiger partial charge < -0.3 is 15.5 Å².